The van der Waals surface area contributed by atoms with Crippen molar-refractivity contribution < 1.29 is 4.74 Å². The van der Waals surface area contributed by atoms with Crippen LogP contribution < -0.4 is 5.56 Å². The van der Waals surface area contributed by atoms with Crippen molar-refractivity contribution in [2.75, 3.05) is 6.61 Å². The zero-order valence-corrected chi connectivity index (χ0v) is 7.82. The fourth-order valence-electron chi connectivity index (χ4n) is 1.48. The fourth-order valence-corrected chi connectivity index (χ4v) is 1.70. The normalized spacial score (nSPS) is 22.0. The van der Waals surface area contributed by atoms with Gasteiger partial charge < -0.3 is 9.72 Å². The monoisotopic (exact) mass is 198 g/mol. The predicted molar refractivity (Wildman–Crippen MR) is 50.2 cm³/mol. The average molecular weight is 198 g/mol. The Kier molecular flexibility index (Phi) is 2.28. The molecule has 1 saturated heterocycles. The Morgan fingerprint density at radius 2 is 2.38 bits per heavy atom. The van der Waals surface area contributed by atoms with Crippen molar-refractivity contribution in [3.63, 3.8) is 0 Å². The van der Waals surface area contributed by atoms with E-state index in [1.807, 2.05) is 0 Å². The maximum atomic E-state index is 11.1. The van der Waals surface area contributed by atoms with Crippen LogP contribution in [0.25, 0.3) is 0 Å². The highest BCUT2D eigenvalue weighted by atomic mass is 32.1. The summed E-state index contributed by atoms with van der Waals surface area (Å²) in [5.41, 5.74) is 0.612. The number of nitrogens with one attached hydrogen (secondary N) is 2. The van der Waals surface area contributed by atoms with Gasteiger partial charge in [-0.1, -0.05) is 0 Å². The van der Waals surface area contributed by atoms with Crippen LogP contribution in [0.3, 0.4) is 0 Å². The molecule has 5 heteroatoms. The van der Waals surface area contributed by atoms with Gasteiger partial charge >= 0.3 is 0 Å². The zero-order valence-electron chi connectivity index (χ0n) is 7.00. The molecule has 0 bridgehead atoms. The highest BCUT2D eigenvalue weighted by molar-refractivity contribution is 7.71. The molecule has 1 atom stereocenters. The first-order chi connectivity index (χ1) is 6.25. The molecule has 2 rings (SSSR count). The second-order valence-electron chi connectivity index (χ2n) is 3.04. The smallest absolute Gasteiger partial charge is 0.251 e. The van der Waals surface area contributed by atoms with Crippen molar-refractivity contribution in [2.24, 2.45) is 0 Å². The summed E-state index contributed by atoms with van der Waals surface area (Å²) >= 11 is 4.86. The SMILES string of the molecule is O=c1cc([C@@H]2CCCO2)[nH]c(=S)[nH]1. The Morgan fingerprint density at radius 3 is 3.00 bits per heavy atom. The number of aromatic amines is 2. The van der Waals surface area contributed by atoms with E-state index in [1.54, 1.807) is 0 Å². The Labute approximate surface area is 80.0 Å². The molecule has 2 N–H and O–H groups in total. The molecule has 1 aromatic heterocycles. The van der Waals surface area contributed by atoms with E-state index < -0.39 is 0 Å². The lowest BCUT2D eigenvalue weighted by atomic mass is 10.2. The minimum absolute atomic E-state index is 0.0176. The van der Waals surface area contributed by atoms with Crippen molar-refractivity contribution in [2.45, 2.75) is 18.9 Å². The Hall–Kier alpha value is -0.940. The minimum atomic E-state index is -0.172. The highest BCUT2D eigenvalue weighted by Gasteiger charge is 2.18. The van der Waals surface area contributed by atoms with Gasteiger partial charge in [0.1, 0.15) is 0 Å². The number of ether oxygens (including phenoxy) is 1. The molecule has 1 aliphatic heterocycles. The zero-order chi connectivity index (χ0) is 9.26. The first-order valence-corrected chi connectivity index (χ1v) is 4.62. The van der Waals surface area contributed by atoms with Crippen molar-refractivity contribution >= 4 is 12.2 Å². The van der Waals surface area contributed by atoms with E-state index in [-0.39, 0.29) is 11.7 Å². The van der Waals surface area contributed by atoms with Crippen LogP contribution in [-0.2, 0) is 4.74 Å². The van der Waals surface area contributed by atoms with Gasteiger partial charge in [0.05, 0.1) is 11.8 Å². The lowest BCUT2D eigenvalue weighted by molar-refractivity contribution is 0.108. The summed E-state index contributed by atoms with van der Waals surface area (Å²) < 4.78 is 5.78. The molecule has 70 valence electrons. The van der Waals surface area contributed by atoms with Crippen LogP contribution >= 0.6 is 12.2 Å². The van der Waals surface area contributed by atoms with Gasteiger partial charge in [0.2, 0.25) is 0 Å². The number of rotatable bonds is 1. The summed E-state index contributed by atoms with van der Waals surface area (Å²) in [6.07, 6.45) is 2.01. The largest absolute Gasteiger partial charge is 0.372 e. The molecule has 13 heavy (non-hydrogen) atoms. The first-order valence-electron chi connectivity index (χ1n) is 4.21. The second kappa shape index (κ2) is 3.43. The molecule has 0 spiro atoms. The van der Waals surface area contributed by atoms with Crippen LogP contribution in [0.5, 0.6) is 0 Å². The van der Waals surface area contributed by atoms with Crippen LogP contribution in [0.2, 0.25) is 0 Å². The topological polar surface area (TPSA) is 57.9 Å². The van der Waals surface area contributed by atoms with Crippen molar-refractivity contribution in [3.05, 3.63) is 26.9 Å². The second-order valence-corrected chi connectivity index (χ2v) is 3.45. The lowest BCUT2D eigenvalue weighted by Crippen LogP contribution is -2.11. The minimum Gasteiger partial charge on any atom is -0.372 e. The molecule has 1 fully saturated rings. The van der Waals surface area contributed by atoms with Crippen LogP contribution in [0.15, 0.2) is 10.9 Å². The maximum Gasteiger partial charge on any atom is 0.251 e. The van der Waals surface area contributed by atoms with Gasteiger partial charge in [-0.05, 0) is 25.1 Å². The van der Waals surface area contributed by atoms with Crippen molar-refractivity contribution in [3.8, 4) is 0 Å². The van der Waals surface area contributed by atoms with Gasteiger partial charge in [-0.2, -0.15) is 0 Å². The standard InChI is InChI=1S/C8H10N2O2S/c11-7-4-5(9-8(13)10-7)6-2-1-3-12-6/h4,6H,1-3H2,(H2,9,10,11,13)/t6-/m0/s1. The Balaban J connectivity index is 2.39. The van der Waals surface area contributed by atoms with Gasteiger partial charge in [0.25, 0.3) is 5.56 Å². The van der Waals surface area contributed by atoms with Gasteiger partial charge in [-0.25, -0.2) is 0 Å². The highest BCUT2D eigenvalue weighted by Crippen LogP contribution is 2.25. The summed E-state index contributed by atoms with van der Waals surface area (Å²) in [5.74, 6) is 0. The number of hydrogen-bond acceptors (Lipinski definition) is 3. The number of hydrogen-bond donors (Lipinski definition) is 2. The van der Waals surface area contributed by atoms with Crippen LogP contribution in [0, 0.1) is 4.77 Å². The molecule has 0 saturated carbocycles. The summed E-state index contributed by atoms with van der Waals surface area (Å²) in [5, 5.41) is 0. The average Bonchev–Trinajstić information content (AvgIpc) is 2.53. The van der Waals surface area contributed by atoms with Gasteiger partial charge in [0.15, 0.2) is 4.77 Å². The maximum absolute atomic E-state index is 11.1. The third kappa shape index (κ3) is 1.87. The van der Waals surface area contributed by atoms with E-state index in [4.69, 9.17) is 17.0 Å². The van der Waals surface area contributed by atoms with Crippen LogP contribution in [-0.4, -0.2) is 16.6 Å². The Morgan fingerprint density at radius 1 is 1.54 bits per heavy atom. The molecular weight excluding hydrogens is 188 g/mol. The predicted octanol–water partition coefficient (Wildman–Crippen LogP) is 1.28. The molecule has 0 aliphatic carbocycles. The molecular formula is C8H10N2O2S. The molecule has 1 aliphatic rings. The quantitative estimate of drug-likeness (QED) is 0.668. The van der Waals surface area contributed by atoms with E-state index in [9.17, 15) is 4.79 Å². The number of aromatic nitrogens is 2. The molecule has 0 amide bonds. The number of H-pyrrole nitrogens is 2. The molecule has 0 aromatic carbocycles. The van der Waals surface area contributed by atoms with Gasteiger partial charge in [-0.3, -0.25) is 9.78 Å². The van der Waals surface area contributed by atoms with E-state index in [2.05, 4.69) is 9.97 Å². The van der Waals surface area contributed by atoms with Gasteiger partial charge in [-0.15, -0.1) is 0 Å². The van der Waals surface area contributed by atoms with E-state index >= 15 is 0 Å². The van der Waals surface area contributed by atoms with E-state index in [0.29, 0.717) is 4.77 Å². The summed E-state index contributed by atoms with van der Waals surface area (Å²) in [4.78, 5) is 16.5. The van der Waals surface area contributed by atoms with Crippen molar-refractivity contribution in [1.82, 2.24) is 9.97 Å². The molecule has 1 aromatic rings. The third-order valence-corrected chi connectivity index (χ3v) is 2.26. The third-order valence-electron chi connectivity index (χ3n) is 2.06. The molecule has 4 nitrogen and oxygen atoms in total. The summed E-state index contributed by atoms with van der Waals surface area (Å²) in [6.45, 7) is 0.762. The fraction of sp³-hybridized carbons (Fsp3) is 0.500. The van der Waals surface area contributed by atoms with E-state index in [0.717, 1.165) is 25.1 Å². The van der Waals surface area contributed by atoms with Crippen LogP contribution in [0.4, 0.5) is 0 Å². The van der Waals surface area contributed by atoms with Crippen molar-refractivity contribution in [1.29, 1.82) is 0 Å². The van der Waals surface area contributed by atoms with Crippen LogP contribution in [0.1, 0.15) is 24.6 Å². The summed E-state index contributed by atoms with van der Waals surface area (Å²) in [6, 6.07) is 1.51. The van der Waals surface area contributed by atoms with Gasteiger partial charge in [0, 0.05) is 12.7 Å². The first kappa shape index (κ1) is 8.65. The molecule has 2 heterocycles. The lowest BCUT2D eigenvalue weighted by Gasteiger charge is -2.07. The van der Waals surface area contributed by atoms with E-state index in [1.165, 1.54) is 6.07 Å². The summed E-state index contributed by atoms with van der Waals surface area (Å²) in [7, 11) is 0. The molecule has 0 radical (unpaired) electrons. The Bertz CT molecular complexity index is 375. The molecule has 0 unspecified atom stereocenters.